The lowest BCUT2D eigenvalue weighted by atomic mass is 10.0. The molecule has 0 aliphatic carbocycles. The van der Waals surface area contributed by atoms with Crippen molar-refractivity contribution in [3.8, 4) is 17.2 Å². The number of halogens is 1. The SMILES string of the molecule is Cl.NC(=O)c1cccc(COc2ccc(C(O)C3CCC(CCc4ccc5c(c4)OCO5)N3)cc2)c1. The number of carbonyl (C=O) groups excluding carboxylic acids is 1. The van der Waals surface area contributed by atoms with Crippen molar-refractivity contribution >= 4 is 18.3 Å². The molecule has 3 aromatic carbocycles. The Hall–Kier alpha value is -3.26. The van der Waals surface area contributed by atoms with Gasteiger partial charge in [-0.1, -0.05) is 30.3 Å². The molecule has 36 heavy (non-hydrogen) atoms. The molecule has 8 heteroatoms. The highest BCUT2D eigenvalue weighted by atomic mass is 35.5. The molecule has 2 aliphatic heterocycles. The molecule has 1 fully saturated rings. The molecule has 2 heterocycles. The number of hydrogen-bond acceptors (Lipinski definition) is 6. The Kier molecular flexibility index (Phi) is 8.36. The molecule has 5 rings (SSSR count). The summed E-state index contributed by atoms with van der Waals surface area (Å²) in [5.41, 5.74) is 8.76. The van der Waals surface area contributed by atoms with E-state index < -0.39 is 12.0 Å². The highest BCUT2D eigenvalue weighted by Crippen LogP contribution is 2.33. The second kappa shape index (κ2) is 11.6. The van der Waals surface area contributed by atoms with E-state index in [0.717, 1.165) is 48.3 Å². The number of aliphatic hydroxyl groups excluding tert-OH is 1. The Bertz CT molecular complexity index is 1190. The van der Waals surface area contributed by atoms with E-state index in [9.17, 15) is 9.90 Å². The molecule has 3 aromatic rings. The Balaban J connectivity index is 0.00000304. The highest BCUT2D eigenvalue weighted by Gasteiger charge is 2.29. The van der Waals surface area contributed by atoms with Gasteiger partial charge >= 0.3 is 0 Å². The smallest absolute Gasteiger partial charge is 0.248 e. The fraction of sp³-hybridized carbons (Fsp3) is 0.321. The summed E-state index contributed by atoms with van der Waals surface area (Å²) >= 11 is 0. The van der Waals surface area contributed by atoms with Gasteiger partial charge in [-0.3, -0.25) is 4.79 Å². The lowest BCUT2D eigenvalue weighted by Crippen LogP contribution is -2.34. The van der Waals surface area contributed by atoms with Crippen LogP contribution < -0.4 is 25.3 Å². The molecular formula is C28H31ClN2O5. The molecule has 0 bridgehead atoms. The maximum absolute atomic E-state index is 11.3. The third kappa shape index (κ3) is 6.10. The summed E-state index contributed by atoms with van der Waals surface area (Å²) in [5, 5.41) is 14.5. The molecule has 7 nitrogen and oxygen atoms in total. The maximum atomic E-state index is 11.3. The van der Waals surface area contributed by atoms with Crippen molar-refractivity contribution in [2.24, 2.45) is 5.73 Å². The Morgan fingerprint density at radius 3 is 2.64 bits per heavy atom. The lowest BCUT2D eigenvalue weighted by molar-refractivity contribution is 0.1000. The van der Waals surface area contributed by atoms with Gasteiger partial charge in [0.05, 0.1) is 6.10 Å². The molecule has 4 N–H and O–H groups in total. The number of aliphatic hydroxyl groups is 1. The van der Waals surface area contributed by atoms with Crippen LogP contribution in [0.5, 0.6) is 17.2 Å². The maximum Gasteiger partial charge on any atom is 0.248 e. The van der Waals surface area contributed by atoms with E-state index in [1.165, 1.54) is 5.56 Å². The third-order valence-electron chi connectivity index (χ3n) is 6.71. The number of nitrogens with two attached hydrogens (primary N) is 1. The second-order valence-electron chi connectivity index (χ2n) is 9.14. The summed E-state index contributed by atoms with van der Waals surface area (Å²) in [4.78, 5) is 11.3. The molecule has 3 atom stereocenters. The summed E-state index contributed by atoms with van der Waals surface area (Å²) in [7, 11) is 0. The first kappa shape index (κ1) is 25.8. The van der Waals surface area contributed by atoms with Gasteiger partial charge in [0.15, 0.2) is 11.5 Å². The molecule has 0 radical (unpaired) electrons. The van der Waals surface area contributed by atoms with Crippen molar-refractivity contribution in [2.75, 3.05) is 6.79 Å². The van der Waals surface area contributed by atoms with Gasteiger partial charge in [-0.15, -0.1) is 12.4 Å². The fourth-order valence-corrected chi connectivity index (χ4v) is 4.74. The van der Waals surface area contributed by atoms with Crippen molar-refractivity contribution in [2.45, 2.75) is 50.5 Å². The molecule has 0 spiro atoms. The largest absolute Gasteiger partial charge is 0.489 e. The van der Waals surface area contributed by atoms with Gasteiger partial charge in [-0.25, -0.2) is 0 Å². The normalized spacial score (nSPS) is 18.9. The van der Waals surface area contributed by atoms with Gasteiger partial charge in [0.1, 0.15) is 12.4 Å². The first-order valence-electron chi connectivity index (χ1n) is 12.0. The van der Waals surface area contributed by atoms with Crippen LogP contribution in [0.2, 0.25) is 0 Å². The predicted octanol–water partition coefficient (Wildman–Crippen LogP) is 4.30. The van der Waals surface area contributed by atoms with Gasteiger partial charge in [0.2, 0.25) is 12.7 Å². The topological polar surface area (TPSA) is 103 Å². The van der Waals surface area contributed by atoms with Crippen LogP contribution >= 0.6 is 12.4 Å². The predicted molar refractivity (Wildman–Crippen MR) is 139 cm³/mol. The van der Waals surface area contributed by atoms with Crippen LogP contribution in [0.4, 0.5) is 0 Å². The minimum Gasteiger partial charge on any atom is -0.489 e. The Labute approximate surface area is 217 Å². The number of carbonyl (C=O) groups is 1. The van der Waals surface area contributed by atoms with E-state index in [1.807, 2.05) is 36.4 Å². The quantitative estimate of drug-likeness (QED) is 0.396. The molecule has 0 aromatic heterocycles. The number of fused-ring (bicyclic) bond motifs is 1. The van der Waals surface area contributed by atoms with Crippen LogP contribution in [-0.4, -0.2) is 29.9 Å². The number of nitrogens with one attached hydrogen (secondary N) is 1. The van der Waals surface area contributed by atoms with Crippen LogP contribution in [0.1, 0.15) is 52.4 Å². The van der Waals surface area contributed by atoms with E-state index in [1.54, 1.807) is 18.2 Å². The minimum atomic E-state index is -0.577. The van der Waals surface area contributed by atoms with Crippen molar-refractivity contribution in [1.29, 1.82) is 0 Å². The number of aryl methyl sites for hydroxylation is 1. The Morgan fingerprint density at radius 2 is 1.83 bits per heavy atom. The first-order valence-corrected chi connectivity index (χ1v) is 12.0. The third-order valence-corrected chi connectivity index (χ3v) is 6.71. The zero-order valence-corrected chi connectivity index (χ0v) is 20.7. The molecule has 190 valence electrons. The summed E-state index contributed by atoms with van der Waals surface area (Å²) < 4.78 is 16.7. The van der Waals surface area contributed by atoms with E-state index in [2.05, 4.69) is 17.4 Å². The van der Waals surface area contributed by atoms with Gasteiger partial charge in [-0.05, 0) is 78.8 Å². The van der Waals surface area contributed by atoms with E-state index >= 15 is 0 Å². The van der Waals surface area contributed by atoms with Crippen LogP contribution in [0, 0.1) is 0 Å². The lowest BCUT2D eigenvalue weighted by Gasteiger charge is -2.21. The average molecular weight is 511 g/mol. The van der Waals surface area contributed by atoms with E-state index in [-0.39, 0.29) is 18.4 Å². The van der Waals surface area contributed by atoms with Crippen LogP contribution in [-0.2, 0) is 13.0 Å². The number of rotatable bonds is 9. The number of amides is 1. The number of primary amides is 1. The number of ether oxygens (including phenoxy) is 3. The molecule has 3 unspecified atom stereocenters. The van der Waals surface area contributed by atoms with Crippen molar-refractivity contribution in [3.63, 3.8) is 0 Å². The monoisotopic (exact) mass is 510 g/mol. The van der Waals surface area contributed by atoms with E-state index in [4.69, 9.17) is 19.9 Å². The number of benzene rings is 3. The highest BCUT2D eigenvalue weighted by molar-refractivity contribution is 5.92. The first-order chi connectivity index (χ1) is 17.0. The van der Waals surface area contributed by atoms with Gasteiger partial charge in [-0.2, -0.15) is 0 Å². The van der Waals surface area contributed by atoms with Crippen molar-refractivity contribution in [1.82, 2.24) is 5.32 Å². The summed E-state index contributed by atoms with van der Waals surface area (Å²) in [6.45, 7) is 0.624. The summed E-state index contributed by atoms with van der Waals surface area (Å²) in [5.74, 6) is 1.87. The standard InChI is InChI=1S/C28H30N2O5.ClH/c29-28(32)21-3-1-2-19(14-21)16-33-23-10-6-20(7-11-23)27(31)24-12-9-22(30-24)8-4-18-5-13-25-26(15-18)35-17-34-25;/h1-3,5-7,10-11,13-15,22,24,27,30-31H,4,8-9,12,16-17H2,(H2,29,32);1H. The van der Waals surface area contributed by atoms with Crippen molar-refractivity contribution < 1.29 is 24.1 Å². The molecule has 0 saturated carbocycles. The van der Waals surface area contributed by atoms with Crippen LogP contribution in [0.15, 0.2) is 66.7 Å². The minimum absolute atomic E-state index is 0. The molecule has 2 aliphatic rings. The summed E-state index contributed by atoms with van der Waals surface area (Å²) in [6.07, 6.45) is 3.35. The molecule has 1 amide bonds. The van der Waals surface area contributed by atoms with Crippen LogP contribution in [0.25, 0.3) is 0 Å². The molecular weight excluding hydrogens is 480 g/mol. The van der Waals surface area contributed by atoms with Gasteiger partial charge in [0, 0.05) is 17.6 Å². The zero-order valence-electron chi connectivity index (χ0n) is 19.9. The number of hydrogen-bond donors (Lipinski definition) is 3. The second-order valence-corrected chi connectivity index (χ2v) is 9.14. The van der Waals surface area contributed by atoms with Crippen LogP contribution in [0.3, 0.4) is 0 Å². The Morgan fingerprint density at radius 1 is 1.03 bits per heavy atom. The van der Waals surface area contributed by atoms with E-state index in [0.29, 0.717) is 30.8 Å². The van der Waals surface area contributed by atoms with Gasteiger partial charge in [0.25, 0.3) is 0 Å². The molecule has 1 saturated heterocycles. The fourth-order valence-electron chi connectivity index (χ4n) is 4.74. The van der Waals surface area contributed by atoms with Crippen molar-refractivity contribution in [3.05, 3.63) is 89.0 Å². The zero-order chi connectivity index (χ0) is 24.2. The van der Waals surface area contributed by atoms with Gasteiger partial charge < -0.3 is 30.4 Å². The summed E-state index contributed by atoms with van der Waals surface area (Å²) in [6, 6.07) is 21.1. The average Bonchev–Trinajstić information content (AvgIpc) is 3.55.